The minimum atomic E-state index is -0.214. The summed E-state index contributed by atoms with van der Waals surface area (Å²) in [4.78, 5) is 19.7. The van der Waals surface area contributed by atoms with E-state index in [0.29, 0.717) is 10.8 Å². The summed E-state index contributed by atoms with van der Waals surface area (Å²) in [6.07, 6.45) is 5.18. The molecule has 7 heteroatoms. The fourth-order valence-electron chi connectivity index (χ4n) is 4.10. The van der Waals surface area contributed by atoms with Gasteiger partial charge in [0.25, 0.3) is 5.91 Å². The quantitative estimate of drug-likeness (QED) is 0.555. The number of aryl methyl sites for hydroxylation is 1. The first-order valence-electron chi connectivity index (χ1n) is 11.0. The summed E-state index contributed by atoms with van der Waals surface area (Å²) >= 11 is 5.87. The van der Waals surface area contributed by atoms with Crippen LogP contribution < -0.4 is 10.1 Å². The number of halogens is 1. The second-order valence-corrected chi connectivity index (χ2v) is 8.39. The predicted molar refractivity (Wildman–Crippen MR) is 125 cm³/mol. The zero-order valence-corrected chi connectivity index (χ0v) is 18.7. The fraction of sp³-hybridized carbons (Fsp3) is 0.417. The van der Waals surface area contributed by atoms with Gasteiger partial charge in [0.15, 0.2) is 6.61 Å². The van der Waals surface area contributed by atoms with Gasteiger partial charge < -0.3 is 14.6 Å². The first kappa shape index (κ1) is 21.7. The number of benzene rings is 2. The molecule has 31 heavy (non-hydrogen) atoms. The van der Waals surface area contributed by atoms with Gasteiger partial charge in [-0.1, -0.05) is 24.4 Å². The summed E-state index contributed by atoms with van der Waals surface area (Å²) in [5.41, 5.74) is 2.73. The molecule has 6 nitrogen and oxygen atoms in total. The van der Waals surface area contributed by atoms with Gasteiger partial charge >= 0.3 is 0 Å². The average Bonchev–Trinajstić information content (AvgIpc) is 2.91. The van der Waals surface area contributed by atoms with Gasteiger partial charge in [-0.05, 0) is 75.3 Å². The van der Waals surface area contributed by atoms with Crippen LogP contribution in [0.2, 0.25) is 5.02 Å². The molecule has 0 aliphatic carbocycles. The molecule has 0 atom stereocenters. The number of hydrogen-bond acceptors (Lipinski definition) is 4. The molecule has 2 heterocycles. The van der Waals surface area contributed by atoms with Crippen LogP contribution in [0.4, 0.5) is 5.69 Å². The number of carbonyl (C=O) groups excluding carboxylic acids is 1. The fourth-order valence-corrected chi connectivity index (χ4v) is 4.23. The highest BCUT2D eigenvalue weighted by molar-refractivity contribution is 6.30. The van der Waals surface area contributed by atoms with Crippen LogP contribution in [-0.4, -0.2) is 40.1 Å². The predicted octanol–water partition coefficient (Wildman–Crippen LogP) is 5.10. The standard InChI is InChI=1S/C24H29ClN4O2/c1-2-29-22-12-9-19(26-24(30)17-31-20-10-7-18(25)8-11-20)15-21(22)27-23(29)16-28-13-5-3-4-6-14-28/h7-12,15H,2-6,13-14,16-17H2,1H3,(H,26,30). The molecule has 4 rings (SSSR count). The smallest absolute Gasteiger partial charge is 0.262 e. The maximum atomic E-state index is 12.3. The van der Waals surface area contributed by atoms with Crippen LogP contribution in [-0.2, 0) is 17.9 Å². The number of nitrogens with one attached hydrogen (secondary N) is 1. The zero-order valence-electron chi connectivity index (χ0n) is 17.9. The van der Waals surface area contributed by atoms with Crippen LogP contribution in [0.15, 0.2) is 42.5 Å². The molecule has 1 N–H and O–H groups in total. The molecule has 0 radical (unpaired) electrons. The van der Waals surface area contributed by atoms with Crippen molar-refractivity contribution >= 4 is 34.2 Å². The summed E-state index contributed by atoms with van der Waals surface area (Å²) in [5.74, 6) is 1.48. The second-order valence-electron chi connectivity index (χ2n) is 7.96. The van der Waals surface area contributed by atoms with Crippen molar-refractivity contribution in [3.05, 3.63) is 53.3 Å². The molecule has 0 spiro atoms. The Bertz CT molecular complexity index is 1020. The number of rotatable bonds is 7. The third kappa shape index (κ3) is 5.57. The number of likely N-dealkylation sites (tertiary alicyclic amines) is 1. The summed E-state index contributed by atoms with van der Waals surface area (Å²) < 4.78 is 7.80. The second kappa shape index (κ2) is 10.2. The Hall–Kier alpha value is -2.57. The number of hydrogen-bond donors (Lipinski definition) is 1. The lowest BCUT2D eigenvalue weighted by Crippen LogP contribution is -2.25. The molecule has 0 unspecified atom stereocenters. The molecule has 1 amide bonds. The molecule has 1 aliphatic rings. The molecule has 0 saturated carbocycles. The van der Waals surface area contributed by atoms with Crippen molar-refractivity contribution in [3.63, 3.8) is 0 Å². The number of anilines is 1. The first-order chi connectivity index (χ1) is 15.1. The van der Waals surface area contributed by atoms with Crippen molar-refractivity contribution in [2.75, 3.05) is 25.0 Å². The number of amides is 1. The molecule has 0 bridgehead atoms. The minimum Gasteiger partial charge on any atom is -0.484 e. The summed E-state index contributed by atoms with van der Waals surface area (Å²) in [7, 11) is 0. The number of imidazole rings is 1. The average molecular weight is 441 g/mol. The Kier molecular flexibility index (Phi) is 7.10. The van der Waals surface area contributed by atoms with Crippen molar-refractivity contribution in [3.8, 4) is 5.75 Å². The normalized spacial score (nSPS) is 15.0. The van der Waals surface area contributed by atoms with Crippen molar-refractivity contribution < 1.29 is 9.53 Å². The van der Waals surface area contributed by atoms with Crippen LogP contribution in [0.25, 0.3) is 11.0 Å². The molecule has 1 fully saturated rings. The maximum absolute atomic E-state index is 12.3. The van der Waals surface area contributed by atoms with Crippen molar-refractivity contribution in [2.45, 2.75) is 45.7 Å². The van der Waals surface area contributed by atoms with Gasteiger partial charge in [-0.3, -0.25) is 9.69 Å². The van der Waals surface area contributed by atoms with Crippen LogP contribution in [0.1, 0.15) is 38.4 Å². The largest absolute Gasteiger partial charge is 0.484 e. The number of nitrogens with zero attached hydrogens (tertiary/aromatic N) is 3. The number of aromatic nitrogens is 2. The Balaban J connectivity index is 1.43. The molecular formula is C24H29ClN4O2. The van der Waals surface area contributed by atoms with Crippen LogP contribution in [0.5, 0.6) is 5.75 Å². The summed E-state index contributed by atoms with van der Waals surface area (Å²) in [5, 5.41) is 3.53. The molecule has 1 aliphatic heterocycles. The van der Waals surface area contributed by atoms with E-state index in [1.807, 2.05) is 18.2 Å². The van der Waals surface area contributed by atoms with E-state index in [2.05, 4.69) is 21.7 Å². The van der Waals surface area contributed by atoms with E-state index in [4.69, 9.17) is 21.3 Å². The van der Waals surface area contributed by atoms with Crippen LogP contribution in [0, 0.1) is 0 Å². The molecule has 1 saturated heterocycles. The van der Waals surface area contributed by atoms with E-state index in [1.54, 1.807) is 24.3 Å². The highest BCUT2D eigenvalue weighted by atomic mass is 35.5. The number of fused-ring (bicyclic) bond motifs is 1. The highest BCUT2D eigenvalue weighted by Crippen LogP contribution is 2.23. The van der Waals surface area contributed by atoms with Crippen molar-refractivity contribution in [2.24, 2.45) is 0 Å². The van der Waals surface area contributed by atoms with Gasteiger partial charge in [-0.15, -0.1) is 0 Å². The molecule has 2 aromatic carbocycles. The van der Waals surface area contributed by atoms with E-state index >= 15 is 0 Å². The summed E-state index contributed by atoms with van der Waals surface area (Å²) in [6, 6.07) is 12.8. The van der Waals surface area contributed by atoms with E-state index in [1.165, 1.54) is 25.7 Å². The molecule has 164 valence electrons. The van der Waals surface area contributed by atoms with Crippen LogP contribution in [0.3, 0.4) is 0 Å². The molecule has 1 aromatic heterocycles. The van der Waals surface area contributed by atoms with Crippen molar-refractivity contribution in [1.29, 1.82) is 0 Å². The lowest BCUT2D eigenvalue weighted by molar-refractivity contribution is -0.118. The van der Waals surface area contributed by atoms with E-state index < -0.39 is 0 Å². The van der Waals surface area contributed by atoms with E-state index in [0.717, 1.165) is 48.7 Å². The third-order valence-corrected chi connectivity index (χ3v) is 5.93. The lowest BCUT2D eigenvalue weighted by atomic mass is 10.2. The Labute approximate surface area is 188 Å². The highest BCUT2D eigenvalue weighted by Gasteiger charge is 2.16. The van der Waals surface area contributed by atoms with Crippen LogP contribution >= 0.6 is 11.6 Å². The number of ether oxygens (including phenoxy) is 1. The maximum Gasteiger partial charge on any atom is 0.262 e. The molecular weight excluding hydrogens is 412 g/mol. The zero-order chi connectivity index (χ0) is 21.6. The van der Waals surface area contributed by atoms with E-state index in [-0.39, 0.29) is 12.5 Å². The van der Waals surface area contributed by atoms with Gasteiger partial charge in [0.05, 0.1) is 17.6 Å². The van der Waals surface area contributed by atoms with Gasteiger partial charge in [0.2, 0.25) is 0 Å². The third-order valence-electron chi connectivity index (χ3n) is 5.67. The van der Waals surface area contributed by atoms with Gasteiger partial charge in [-0.25, -0.2) is 4.98 Å². The topological polar surface area (TPSA) is 59.4 Å². The van der Waals surface area contributed by atoms with E-state index in [9.17, 15) is 4.79 Å². The lowest BCUT2D eigenvalue weighted by Gasteiger charge is -2.19. The van der Waals surface area contributed by atoms with Gasteiger partial charge in [0, 0.05) is 17.3 Å². The summed E-state index contributed by atoms with van der Waals surface area (Å²) in [6.45, 7) is 6.11. The Morgan fingerprint density at radius 1 is 1.10 bits per heavy atom. The SMILES string of the molecule is CCn1c(CN2CCCCCC2)nc2cc(NC(=O)COc3ccc(Cl)cc3)ccc21. The van der Waals surface area contributed by atoms with Crippen molar-refractivity contribution in [1.82, 2.24) is 14.5 Å². The monoisotopic (exact) mass is 440 g/mol. The molecule has 3 aromatic rings. The van der Waals surface area contributed by atoms with Gasteiger partial charge in [0.1, 0.15) is 11.6 Å². The Morgan fingerprint density at radius 2 is 1.84 bits per heavy atom. The van der Waals surface area contributed by atoms with Gasteiger partial charge in [-0.2, -0.15) is 0 Å². The first-order valence-corrected chi connectivity index (χ1v) is 11.4. The minimum absolute atomic E-state index is 0.0662. The number of carbonyl (C=O) groups is 1. The Morgan fingerprint density at radius 3 is 2.55 bits per heavy atom.